The van der Waals surface area contributed by atoms with Crippen LogP contribution in [0.2, 0.25) is 0 Å². The lowest BCUT2D eigenvalue weighted by molar-refractivity contribution is -0.140. The molecule has 2 unspecified atom stereocenters. The summed E-state index contributed by atoms with van der Waals surface area (Å²) in [6, 6.07) is -0.281. The predicted molar refractivity (Wildman–Crippen MR) is 63.0 cm³/mol. The van der Waals surface area contributed by atoms with Crippen molar-refractivity contribution >= 4 is 0 Å². The third kappa shape index (κ3) is 6.88. The number of hydrogen-bond donors (Lipinski definition) is 1. The van der Waals surface area contributed by atoms with Gasteiger partial charge in [0.05, 0.1) is 6.10 Å². The fraction of sp³-hybridized carbons (Fsp3) is 1.00. The number of nitrogens with one attached hydrogen (secondary N) is 1. The van der Waals surface area contributed by atoms with Gasteiger partial charge in [0.15, 0.2) is 0 Å². The number of hydrogen-bond acceptors (Lipinski definition) is 2. The van der Waals surface area contributed by atoms with Crippen LogP contribution in [-0.2, 0) is 4.74 Å². The molecule has 0 aliphatic heterocycles. The van der Waals surface area contributed by atoms with Gasteiger partial charge >= 0.3 is 6.18 Å². The van der Waals surface area contributed by atoms with E-state index in [-0.39, 0.29) is 24.0 Å². The van der Waals surface area contributed by atoms with Crippen LogP contribution in [0.3, 0.4) is 0 Å². The zero-order chi connectivity index (χ0) is 13.7. The van der Waals surface area contributed by atoms with Crippen LogP contribution in [0.4, 0.5) is 13.2 Å². The van der Waals surface area contributed by atoms with Crippen molar-refractivity contribution < 1.29 is 17.9 Å². The maximum absolute atomic E-state index is 12.2. The van der Waals surface area contributed by atoms with E-state index in [1.165, 1.54) is 0 Å². The molecule has 0 aromatic heterocycles. The van der Waals surface area contributed by atoms with Crippen LogP contribution in [0.1, 0.15) is 40.5 Å². The first-order chi connectivity index (χ1) is 7.61. The Kier molecular flexibility index (Phi) is 6.48. The van der Waals surface area contributed by atoms with Gasteiger partial charge in [0, 0.05) is 19.1 Å². The Bertz CT molecular complexity index is 211. The molecule has 104 valence electrons. The Morgan fingerprint density at radius 2 is 1.71 bits per heavy atom. The van der Waals surface area contributed by atoms with Crippen molar-refractivity contribution in [1.29, 1.82) is 0 Å². The molecule has 1 N–H and O–H groups in total. The van der Waals surface area contributed by atoms with Crippen molar-refractivity contribution in [1.82, 2.24) is 5.32 Å². The van der Waals surface area contributed by atoms with Crippen LogP contribution in [-0.4, -0.2) is 32.0 Å². The molecule has 0 aromatic rings. The maximum Gasteiger partial charge on any atom is 0.389 e. The molecule has 2 nitrogen and oxygen atoms in total. The summed E-state index contributed by atoms with van der Waals surface area (Å²) in [5.74, 6) is 0. The molecule has 0 fully saturated rings. The molecule has 0 bridgehead atoms. The van der Waals surface area contributed by atoms with E-state index < -0.39 is 12.6 Å². The fourth-order valence-corrected chi connectivity index (χ4v) is 1.92. The summed E-state index contributed by atoms with van der Waals surface area (Å²) in [4.78, 5) is 0. The normalized spacial score (nSPS) is 16.9. The van der Waals surface area contributed by atoms with Gasteiger partial charge in [-0.05, 0) is 25.8 Å². The van der Waals surface area contributed by atoms with Gasteiger partial charge in [-0.2, -0.15) is 13.2 Å². The highest BCUT2D eigenvalue weighted by Crippen LogP contribution is 2.29. The monoisotopic (exact) mass is 255 g/mol. The molecule has 0 aliphatic carbocycles. The van der Waals surface area contributed by atoms with Crippen molar-refractivity contribution in [2.45, 2.75) is 58.9 Å². The SMILES string of the molecule is CCOC(C(CCC(F)(F)F)NC)C(C)(C)C. The molecule has 0 amide bonds. The van der Waals surface area contributed by atoms with Crippen LogP contribution >= 0.6 is 0 Å². The molecule has 0 radical (unpaired) electrons. The van der Waals surface area contributed by atoms with Gasteiger partial charge < -0.3 is 10.1 Å². The van der Waals surface area contributed by atoms with Crippen molar-refractivity contribution in [3.63, 3.8) is 0 Å². The lowest BCUT2D eigenvalue weighted by atomic mass is 9.83. The molecule has 0 heterocycles. The number of rotatable bonds is 6. The predicted octanol–water partition coefficient (Wildman–Crippen LogP) is 3.37. The quantitative estimate of drug-likeness (QED) is 0.785. The second-order valence-corrected chi connectivity index (χ2v) is 5.29. The summed E-state index contributed by atoms with van der Waals surface area (Å²) in [6.45, 7) is 8.29. The number of likely N-dealkylation sites (N-methyl/N-ethyl adjacent to an activating group) is 1. The van der Waals surface area contributed by atoms with Gasteiger partial charge in [0.25, 0.3) is 0 Å². The first kappa shape index (κ1) is 16.7. The molecule has 0 saturated heterocycles. The van der Waals surface area contributed by atoms with Crippen LogP contribution < -0.4 is 5.32 Å². The topological polar surface area (TPSA) is 21.3 Å². The fourth-order valence-electron chi connectivity index (χ4n) is 1.92. The van der Waals surface area contributed by atoms with Gasteiger partial charge in [-0.15, -0.1) is 0 Å². The smallest absolute Gasteiger partial charge is 0.376 e. The van der Waals surface area contributed by atoms with Crippen LogP contribution in [0.15, 0.2) is 0 Å². The molecule has 0 saturated carbocycles. The first-order valence-corrected chi connectivity index (χ1v) is 5.97. The summed E-state index contributed by atoms with van der Waals surface area (Å²) >= 11 is 0. The van der Waals surface area contributed by atoms with E-state index in [9.17, 15) is 13.2 Å². The highest BCUT2D eigenvalue weighted by atomic mass is 19.4. The molecule has 0 aliphatic rings. The molecule has 0 aromatic carbocycles. The maximum atomic E-state index is 12.2. The standard InChI is InChI=1S/C12H24F3NO/c1-6-17-10(11(2,3)4)9(16-5)7-8-12(13,14)15/h9-10,16H,6-8H2,1-5H3. The van der Waals surface area contributed by atoms with Crippen LogP contribution in [0, 0.1) is 5.41 Å². The van der Waals surface area contributed by atoms with Gasteiger partial charge in [0.2, 0.25) is 0 Å². The van der Waals surface area contributed by atoms with Crippen molar-refractivity contribution in [2.24, 2.45) is 5.41 Å². The van der Waals surface area contributed by atoms with Gasteiger partial charge in [0.1, 0.15) is 0 Å². The molecule has 0 rings (SSSR count). The molecular formula is C12H24F3NO. The minimum absolute atomic E-state index is 0.0436. The summed E-state index contributed by atoms with van der Waals surface area (Å²) in [5.41, 5.74) is -0.185. The number of ether oxygens (including phenoxy) is 1. The average Bonchev–Trinajstić information content (AvgIpc) is 2.13. The third-order valence-electron chi connectivity index (χ3n) is 2.67. The summed E-state index contributed by atoms with van der Waals surface area (Å²) < 4.78 is 42.3. The summed E-state index contributed by atoms with van der Waals surface area (Å²) in [6.07, 6.45) is -5.07. The lowest BCUT2D eigenvalue weighted by Gasteiger charge is -2.37. The van der Waals surface area contributed by atoms with E-state index in [4.69, 9.17) is 4.74 Å². The minimum atomic E-state index is -4.11. The summed E-state index contributed by atoms with van der Waals surface area (Å²) in [5, 5.41) is 2.94. The zero-order valence-corrected chi connectivity index (χ0v) is 11.3. The average molecular weight is 255 g/mol. The third-order valence-corrected chi connectivity index (χ3v) is 2.67. The van der Waals surface area contributed by atoms with Crippen LogP contribution in [0.25, 0.3) is 0 Å². The Balaban J connectivity index is 4.57. The van der Waals surface area contributed by atoms with E-state index in [1.807, 2.05) is 27.7 Å². The van der Waals surface area contributed by atoms with Crippen molar-refractivity contribution in [3.8, 4) is 0 Å². The second kappa shape index (κ2) is 6.59. The Hall–Kier alpha value is -0.290. The van der Waals surface area contributed by atoms with E-state index in [2.05, 4.69) is 5.32 Å². The van der Waals surface area contributed by atoms with Crippen molar-refractivity contribution in [3.05, 3.63) is 0 Å². The minimum Gasteiger partial charge on any atom is -0.376 e. The van der Waals surface area contributed by atoms with Gasteiger partial charge in [-0.3, -0.25) is 0 Å². The highest BCUT2D eigenvalue weighted by molar-refractivity contribution is 4.86. The van der Waals surface area contributed by atoms with Crippen molar-refractivity contribution in [2.75, 3.05) is 13.7 Å². The van der Waals surface area contributed by atoms with Gasteiger partial charge in [-0.25, -0.2) is 0 Å². The lowest BCUT2D eigenvalue weighted by Crippen LogP contribution is -2.47. The van der Waals surface area contributed by atoms with Crippen LogP contribution in [0.5, 0.6) is 0 Å². The Morgan fingerprint density at radius 3 is 2.00 bits per heavy atom. The Morgan fingerprint density at radius 1 is 1.18 bits per heavy atom. The number of alkyl halides is 3. The molecule has 0 spiro atoms. The highest BCUT2D eigenvalue weighted by Gasteiger charge is 2.35. The van der Waals surface area contributed by atoms with E-state index in [1.54, 1.807) is 7.05 Å². The molecular weight excluding hydrogens is 231 g/mol. The molecule has 17 heavy (non-hydrogen) atoms. The van der Waals surface area contributed by atoms with Gasteiger partial charge in [-0.1, -0.05) is 20.8 Å². The van der Waals surface area contributed by atoms with E-state index in [0.717, 1.165) is 0 Å². The Labute approximate surface area is 102 Å². The molecule has 2 atom stereocenters. The zero-order valence-electron chi connectivity index (χ0n) is 11.3. The van der Waals surface area contributed by atoms with E-state index >= 15 is 0 Å². The number of halogens is 3. The summed E-state index contributed by atoms with van der Waals surface area (Å²) in [7, 11) is 1.68. The second-order valence-electron chi connectivity index (χ2n) is 5.29. The van der Waals surface area contributed by atoms with E-state index in [0.29, 0.717) is 6.61 Å². The molecule has 5 heteroatoms. The largest absolute Gasteiger partial charge is 0.389 e. The first-order valence-electron chi connectivity index (χ1n) is 5.97.